The molecule has 0 aromatic heterocycles. The van der Waals surface area contributed by atoms with Crippen molar-refractivity contribution in [2.75, 3.05) is 6.54 Å². The molecule has 0 radical (unpaired) electrons. The van der Waals surface area contributed by atoms with Gasteiger partial charge in [0.2, 0.25) is 0 Å². The van der Waals surface area contributed by atoms with Gasteiger partial charge in [0.15, 0.2) is 0 Å². The number of sulfonamides is 1. The molecule has 1 aliphatic heterocycles. The number of unbranched alkanes of at least 4 members (excludes halogenated alkanes) is 2. The third-order valence-electron chi connectivity index (χ3n) is 2.81. The minimum absolute atomic E-state index is 0.0790. The van der Waals surface area contributed by atoms with Crippen LogP contribution in [-0.2, 0) is 10.0 Å². The Bertz CT molecular complexity index is 616. The summed E-state index contributed by atoms with van der Waals surface area (Å²) >= 11 is 0. The Morgan fingerprint density at radius 3 is 2.61 bits per heavy atom. The summed E-state index contributed by atoms with van der Waals surface area (Å²) in [5, 5.41) is 8.41. The minimum Gasteiger partial charge on any atom is -0.268 e. The summed E-state index contributed by atoms with van der Waals surface area (Å²) in [4.78, 5) is 12.0. The van der Waals surface area contributed by atoms with Gasteiger partial charge in [-0.25, -0.2) is 12.7 Å². The predicted molar refractivity (Wildman–Crippen MR) is 64.1 cm³/mol. The number of nitriles is 1. The maximum atomic E-state index is 12.1. The second-order valence-corrected chi connectivity index (χ2v) is 5.82. The highest BCUT2D eigenvalue weighted by atomic mass is 32.2. The molecular weight excluding hydrogens is 252 g/mol. The molecule has 18 heavy (non-hydrogen) atoms. The molecule has 0 saturated carbocycles. The fraction of sp³-hybridized carbons (Fsp3) is 0.333. The number of hydrogen-bond acceptors (Lipinski definition) is 4. The van der Waals surface area contributed by atoms with Crippen molar-refractivity contribution in [1.82, 2.24) is 4.31 Å². The Morgan fingerprint density at radius 1 is 1.22 bits per heavy atom. The molecular formula is C12H12N2O3S. The summed E-state index contributed by atoms with van der Waals surface area (Å²) in [5.74, 6) is -0.470. The van der Waals surface area contributed by atoms with Gasteiger partial charge in [-0.3, -0.25) is 4.79 Å². The van der Waals surface area contributed by atoms with E-state index in [1.165, 1.54) is 12.1 Å². The van der Waals surface area contributed by atoms with E-state index in [-0.39, 0.29) is 17.0 Å². The van der Waals surface area contributed by atoms with Crippen LogP contribution in [0.3, 0.4) is 0 Å². The quantitative estimate of drug-likeness (QED) is 0.772. The number of fused-ring (bicyclic) bond motifs is 1. The molecule has 1 aliphatic rings. The summed E-state index contributed by atoms with van der Waals surface area (Å²) in [5.41, 5.74) is 0.234. The van der Waals surface area contributed by atoms with Crippen molar-refractivity contribution in [3.8, 4) is 6.07 Å². The Morgan fingerprint density at radius 2 is 1.94 bits per heavy atom. The van der Waals surface area contributed by atoms with Crippen molar-refractivity contribution in [2.24, 2.45) is 0 Å². The summed E-state index contributed by atoms with van der Waals surface area (Å²) in [6, 6.07) is 8.19. The first-order valence-electron chi connectivity index (χ1n) is 5.62. The molecule has 0 atom stereocenters. The fourth-order valence-electron chi connectivity index (χ4n) is 1.91. The Labute approximate surface area is 106 Å². The number of carbonyl (C=O) groups is 1. The third kappa shape index (κ3) is 1.97. The maximum absolute atomic E-state index is 12.1. The summed E-state index contributed by atoms with van der Waals surface area (Å²) in [6.07, 6.45) is 1.47. The molecule has 1 aromatic carbocycles. The lowest BCUT2D eigenvalue weighted by Crippen LogP contribution is -2.30. The van der Waals surface area contributed by atoms with E-state index in [0.29, 0.717) is 19.3 Å². The molecule has 1 aromatic rings. The monoisotopic (exact) mass is 264 g/mol. The van der Waals surface area contributed by atoms with Crippen molar-refractivity contribution in [2.45, 2.75) is 24.2 Å². The SMILES string of the molecule is N#CCCCCN1C(=O)c2ccccc2S1(=O)=O. The Hall–Kier alpha value is -1.87. The first kappa shape index (κ1) is 12.6. The summed E-state index contributed by atoms with van der Waals surface area (Å²) < 4.78 is 25.1. The van der Waals surface area contributed by atoms with Crippen LogP contribution in [0.4, 0.5) is 0 Å². The van der Waals surface area contributed by atoms with E-state index < -0.39 is 15.9 Å². The average Bonchev–Trinajstić information content (AvgIpc) is 2.55. The highest BCUT2D eigenvalue weighted by molar-refractivity contribution is 7.90. The van der Waals surface area contributed by atoms with E-state index in [0.717, 1.165) is 4.31 Å². The van der Waals surface area contributed by atoms with Gasteiger partial charge in [-0.05, 0) is 25.0 Å². The molecule has 0 fully saturated rings. The van der Waals surface area contributed by atoms with Crippen LogP contribution in [0.15, 0.2) is 29.2 Å². The van der Waals surface area contributed by atoms with Crippen molar-refractivity contribution in [3.05, 3.63) is 29.8 Å². The molecule has 0 unspecified atom stereocenters. The second kappa shape index (κ2) is 4.78. The van der Waals surface area contributed by atoms with Gasteiger partial charge in [0.1, 0.15) is 4.90 Å². The minimum atomic E-state index is -3.68. The average molecular weight is 264 g/mol. The lowest BCUT2D eigenvalue weighted by molar-refractivity contribution is 0.0870. The Balaban J connectivity index is 2.21. The molecule has 6 heteroatoms. The molecule has 0 aliphatic carbocycles. The lowest BCUT2D eigenvalue weighted by atomic mass is 10.2. The number of rotatable bonds is 4. The number of benzene rings is 1. The van der Waals surface area contributed by atoms with Gasteiger partial charge in [0.05, 0.1) is 11.6 Å². The van der Waals surface area contributed by atoms with Gasteiger partial charge in [-0.15, -0.1) is 0 Å². The molecule has 1 amide bonds. The molecule has 0 N–H and O–H groups in total. The van der Waals surface area contributed by atoms with Gasteiger partial charge in [-0.2, -0.15) is 5.26 Å². The molecule has 0 bridgehead atoms. The van der Waals surface area contributed by atoms with Crippen molar-refractivity contribution in [3.63, 3.8) is 0 Å². The van der Waals surface area contributed by atoms with E-state index in [4.69, 9.17) is 5.26 Å². The highest BCUT2D eigenvalue weighted by Crippen LogP contribution is 2.29. The van der Waals surface area contributed by atoms with Crippen LogP contribution in [0.5, 0.6) is 0 Å². The second-order valence-electron chi connectivity index (χ2n) is 3.99. The topological polar surface area (TPSA) is 78.2 Å². The number of hydrogen-bond donors (Lipinski definition) is 0. The fourth-order valence-corrected chi connectivity index (χ4v) is 3.52. The summed E-state index contributed by atoms with van der Waals surface area (Å²) in [6.45, 7) is 0.136. The predicted octanol–water partition coefficient (Wildman–Crippen LogP) is 1.52. The van der Waals surface area contributed by atoms with E-state index >= 15 is 0 Å². The first-order valence-corrected chi connectivity index (χ1v) is 7.06. The van der Waals surface area contributed by atoms with E-state index in [2.05, 4.69) is 0 Å². The molecule has 94 valence electrons. The summed E-state index contributed by atoms with van der Waals surface area (Å²) in [7, 11) is -3.68. The zero-order chi connectivity index (χ0) is 13.2. The zero-order valence-electron chi connectivity index (χ0n) is 9.67. The van der Waals surface area contributed by atoms with E-state index in [1.54, 1.807) is 12.1 Å². The molecule has 0 saturated heterocycles. The highest BCUT2D eigenvalue weighted by Gasteiger charge is 2.40. The van der Waals surface area contributed by atoms with Crippen LogP contribution in [0, 0.1) is 11.3 Å². The van der Waals surface area contributed by atoms with Crippen molar-refractivity contribution >= 4 is 15.9 Å². The van der Waals surface area contributed by atoms with Crippen LogP contribution in [0.2, 0.25) is 0 Å². The smallest absolute Gasteiger partial charge is 0.268 e. The maximum Gasteiger partial charge on any atom is 0.269 e. The number of nitrogens with zero attached hydrogens (tertiary/aromatic N) is 2. The standard InChI is InChI=1S/C12H12N2O3S/c13-8-4-1-5-9-14-12(15)10-6-2-3-7-11(10)18(14,16)17/h2-3,6-7H,1,4-5,9H2. The largest absolute Gasteiger partial charge is 0.269 e. The van der Waals surface area contributed by atoms with Crippen molar-refractivity contribution < 1.29 is 13.2 Å². The molecule has 0 spiro atoms. The van der Waals surface area contributed by atoms with Gasteiger partial charge in [-0.1, -0.05) is 12.1 Å². The first-order chi connectivity index (χ1) is 8.59. The van der Waals surface area contributed by atoms with Crippen LogP contribution in [-0.4, -0.2) is 25.2 Å². The Kier molecular flexibility index (Phi) is 3.34. The lowest BCUT2D eigenvalue weighted by Gasteiger charge is -2.14. The van der Waals surface area contributed by atoms with Gasteiger partial charge < -0.3 is 0 Å². The van der Waals surface area contributed by atoms with Gasteiger partial charge in [0.25, 0.3) is 15.9 Å². The van der Waals surface area contributed by atoms with Crippen LogP contribution in [0.25, 0.3) is 0 Å². The zero-order valence-corrected chi connectivity index (χ0v) is 10.5. The van der Waals surface area contributed by atoms with Gasteiger partial charge >= 0.3 is 0 Å². The molecule has 2 rings (SSSR count). The van der Waals surface area contributed by atoms with Crippen LogP contribution in [0.1, 0.15) is 29.6 Å². The van der Waals surface area contributed by atoms with Crippen molar-refractivity contribution in [1.29, 1.82) is 5.26 Å². The number of carbonyl (C=O) groups excluding carboxylic acids is 1. The number of amides is 1. The van der Waals surface area contributed by atoms with E-state index in [9.17, 15) is 13.2 Å². The molecule has 5 nitrogen and oxygen atoms in total. The van der Waals surface area contributed by atoms with Crippen LogP contribution >= 0.6 is 0 Å². The van der Waals surface area contributed by atoms with Crippen LogP contribution < -0.4 is 0 Å². The van der Waals surface area contributed by atoms with Gasteiger partial charge in [0, 0.05) is 13.0 Å². The van der Waals surface area contributed by atoms with E-state index in [1.807, 2.05) is 6.07 Å². The normalized spacial score (nSPS) is 16.4. The third-order valence-corrected chi connectivity index (χ3v) is 4.65. The molecule has 1 heterocycles.